The number of pyridine rings is 2. The van der Waals surface area contributed by atoms with Crippen molar-refractivity contribution in [3.05, 3.63) is 64.3 Å². The van der Waals surface area contributed by atoms with Gasteiger partial charge in [-0.2, -0.15) is 0 Å². The van der Waals surface area contributed by atoms with Crippen molar-refractivity contribution in [3.63, 3.8) is 0 Å². The van der Waals surface area contributed by atoms with Crippen LogP contribution in [-0.2, 0) is 0 Å². The number of aromatic carboxylic acids is 1. The van der Waals surface area contributed by atoms with Gasteiger partial charge in [0.2, 0.25) is 0 Å². The summed E-state index contributed by atoms with van der Waals surface area (Å²) in [6.45, 7) is 0. The maximum absolute atomic E-state index is 14.4. The molecule has 0 atom stereocenters. The third-order valence-electron chi connectivity index (χ3n) is 5.72. The van der Waals surface area contributed by atoms with Crippen molar-refractivity contribution >= 4 is 44.9 Å². The number of fused-ring (bicyclic) bond motifs is 4. The summed E-state index contributed by atoms with van der Waals surface area (Å²) in [4.78, 5) is 37.4. The van der Waals surface area contributed by atoms with Crippen LogP contribution in [0.5, 0.6) is 0 Å². The summed E-state index contributed by atoms with van der Waals surface area (Å²) in [7, 11) is 5.10. The Kier molecular flexibility index (Phi) is 4.71. The maximum atomic E-state index is 14.4. The Morgan fingerprint density at radius 1 is 1.21 bits per heavy atom. The Morgan fingerprint density at radius 2 is 1.97 bits per heavy atom. The number of aromatic nitrogens is 4. The highest BCUT2D eigenvalue weighted by Gasteiger charge is 2.22. The maximum Gasteiger partial charge on any atom is 0.342 e. The summed E-state index contributed by atoms with van der Waals surface area (Å²) in [6.07, 6.45) is 4.10. The molecule has 172 valence electrons. The minimum atomic E-state index is -1.37. The molecular weight excluding hydrogens is 446 g/mol. The van der Waals surface area contributed by atoms with Gasteiger partial charge in [-0.25, -0.2) is 23.5 Å². The van der Waals surface area contributed by atoms with Crippen molar-refractivity contribution in [2.75, 3.05) is 31.4 Å². The van der Waals surface area contributed by atoms with Gasteiger partial charge in [0.15, 0.2) is 11.6 Å². The Bertz CT molecular complexity index is 1710. The minimum absolute atomic E-state index is 0.0104. The lowest BCUT2D eigenvalue weighted by Gasteiger charge is -2.19. The molecule has 0 saturated heterocycles. The Hall–Kier alpha value is -4.54. The lowest BCUT2D eigenvalue weighted by atomic mass is 10.0. The fourth-order valence-corrected chi connectivity index (χ4v) is 4.22. The van der Waals surface area contributed by atoms with Crippen LogP contribution in [0.3, 0.4) is 0 Å². The molecule has 0 aliphatic carbocycles. The summed E-state index contributed by atoms with van der Waals surface area (Å²) in [5.74, 6) is -3.37. The van der Waals surface area contributed by atoms with Crippen LogP contribution >= 0.6 is 0 Å². The Morgan fingerprint density at radius 3 is 2.65 bits per heavy atom. The van der Waals surface area contributed by atoms with E-state index in [1.54, 1.807) is 32.4 Å². The quantitative estimate of drug-likeness (QED) is 0.373. The van der Waals surface area contributed by atoms with E-state index < -0.39 is 28.7 Å². The van der Waals surface area contributed by atoms with Gasteiger partial charge in [-0.1, -0.05) is 0 Å². The van der Waals surface area contributed by atoms with Crippen molar-refractivity contribution in [2.24, 2.45) is 0 Å². The van der Waals surface area contributed by atoms with Gasteiger partial charge in [0, 0.05) is 56.2 Å². The van der Waals surface area contributed by atoms with E-state index in [-0.39, 0.29) is 11.3 Å². The van der Waals surface area contributed by atoms with E-state index in [9.17, 15) is 23.5 Å². The number of carbonyl (C=O) groups is 1. The number of hydrogen-bond donors (Lipinski definition) is 3. The molecule has 0 fully saturated rings. The standard InChI is InChI=1S/C23H18F2N6O3/c1-26-19-17(25)14(24)6-11-16-20(30(2)3)12(7-28-21(16)29-18(11)19)10-4-5-15-27-8-13(23(33)34)22(32)31(15)9-10/h4-9,26H,1-3H3,(H,28,29)(H,33,34). The second-order valence-electron chi connectivity index (χ2n) is 7.91. The molecular formula is C23H18F2N6O3. The number of aromatic amines is 1. The summed E-state index contributed by atoms with van der Waals surface area (Å²) >= 11 is 0. The smallest absolute Gasteiger partial charge is 0.342 e. The van der Waals surface area contributed by atoms with Gasteiger partial charge in [-0.3, -0.25) is 9.20 Å². The van der Waals surface area contributed by atoms with Gasteiger partial charge in [0.1, 0.15) is 16.9 Å². The molecule has 4 heterocycles. The minimum Gasteiger partial charge on any atom is -0.477 e. The topological polar surface area (TPSA) is 116 Å². The molecule has 0 aliphatic rings. The summed E-state index contributed by atoms with van der Waals surface area (Å²) in [5.41, 5.74) is 1.70. The van der Waals surface area contributed by atoms with Gasteiger partial charge in [0.25, 0.3) is 5.56 Å². The second kappa shape index (κ2) is 7.51. The number of benzene rings is 1. The van der Waals surface area contributed by atoms with Crippen LogP contribution in [-0.4, -0.2) is 51.6 Å². The normalized spacial score (nSPS) is 11.4. The third-order valence-corrected chi connectivity index (χ3v) is 5.72. The molecule has 3 N–H and O–H groups in total. The second-order valence-corrected chi connectivity index (χ2v) is 7.91. The van der Waals surface area contributed by atoms with E-state index in [1.807, 2.05) is 4.90 Å². The predicted octanol–water partition coefficient (Wildman–Crippen LogP) is 3.48. The van der Waals surface area contributed by atoms with Crippen LogP contribution in [0.15, 0.2) is 41.6 Å². The number of anilines is 2. The van der Waals surface area contributed by atoms with E-state index in [2.05, 4.69) is 20.3 Å². The number of carboxylic acid groups (broad SMARTS) is 1. The fraction of sp³-hybridized carbons (Fsp3) is 0.130. The number of halogens is 2. The SMILES string of the molecule is CNc1c(F)c(F)cc2c1[nH]c1ncc(-c3ccc4ncc(C(=O)O)c(=O)n4c3)c(N(C)C)c12. The van der Waals surface area contributed by atoms with Crippen molar-refractivity contribution in [1.29, 1.82) is 0 Å². The van der Waals surface area contributed by atoms with Crippen molar-refractivity contribution in [1.82, 2.24) is 19.4 Å². The monoisotopic (exact) mass is 464 g/mol. The molecule has 0 bridgehead atoms. The van der Waals surface area contributed by atoms with Crippen molar-refractivity contribution in [3.8, 4) is 11.1 Å². The summed E-state index contributed by atoms with van der Waals surface area (Å²) in [5, 5.41) is 13.0. The number of hydrogen-bond acceptors (Lipinski definition) is 6. The highest BCUT2D eigenvalue weighted by Crippen LogP contribution is 2.41. The van der Waals surface area contributed by atoms with Gasteiger partial charge in [-0.05, 0) is 18.2 Å². The average Bonchev–Trinajstić information content (AvgIpc) is 3.17. The summed E-state index contributed by atoms with van der Waals surface area (Å²) in [6, 6.07) is 4.44. The zero-order valence-corrected chi connectivity index (χ0v) is 18.3. The number of nitrogens with one attached hydrogen (secondary N) is 2. The molecule has 34 heavy (non-hydrogen) atoms. The first-order chi connectivity index (χ1) is 16.2. The molecule has 0 saturated carbocycles. The van der Waals surface area contributed by atoms with E-state index in [0.29, 0.717) is 38.8 Å². The van der Waals surface area contributed by atoms with Crippen LogP contribution in [0.2, 0.25) is 0 Å². The molecule has 11 heteroatoms. The number of carboxylic acids is 1. The van der Waals surface area contributed by atoms with E-state index in [0.717, 1.165) is 16.7 Å². The Labute approximate surface area is 190 Å². The molecule has 0 spiro atoms. The van der Waals surface area contributed by atoms with E-state index in [4.69, 9.17) is 0 Å². The van der Waals surface area contributed by atoms with Crippen molar-refractivity contribution in [2.45, 2.75) is 0 Å². The molecule has 0 radical (unpaired) electrons. The molecule has 5 aromatic rings. The van der Waals surface area contributed by atoms with Crippen LogP contribution in [0.1, 0.15) is 10.4 Å². The fourth-order valence-electron chi connectivity index (χ4n) is 4.22. The van der Waals surface area contributed by atoms with Gasteiger partial charge < -0.3 is 20.3 Å². The molecule has 9 nitrogen and oxygen atoms in total. The molecule has 4 aromatic heterocycles. The first-order valence-electron chi connectivity index (χ1n) is 10.2. The molecule has 0 aliphatic heterocycles. The van der Waals surface area contributed by atoms with Crippen LogP contribution < -0.4 is 15.8 Å². The molecule has 0 amide bonds. The lowest BCUT2D eigenvalue weighted by molar-refractivity contribution is 0.0694. The third kappa shape index (κ3) is 2.97. The van der Waals surface area contributed by atoms with Crippen LogP contribution in [0.4, 0.5) is 20.2 Å². The first kappa shape index (κ1) is 21.3. The molecule has 1 aromatic carbocycles. The van der Waals surface area contributed by atoms with Gasteiger partial charge in [-0.15, -0.1) is 0 Å². The highest BCUT2D eigenvalue weighted by atomic mass is 19.2. The van der Waals surface area contributed by atoms with Crippen LogP contribution in [0, 0.1) is 11.6 Å². The first-order valence-corrected chi connectivity index (χ1v) is 10.2. The molecule has 0 unspecified atom stereocenters. The van der Waals surface area contributed by atoms with Gasteiger partial charge in [0.05, 0.1) is 22.3 Å². The largest absolute Gasteiger partial charge is 0.477 e. The molecule has 5 rings (SSSR count). The number of nitrogens with zero attached hydrogens (tertiary/aromatic N) is 4. The summed E-state index contributed by atoms with van der Waals surface area (Å²) < 4.78 is 30.0. The number of rotatable bonds is 4. The van der Waals surface area contributed by atoms with E-state index >= 15 is 0 Å². The number of H-pyrrole nitrogens is 1. The predicted molar refractivity (Wildman–Crippen MR) is 125 cm³/mol. The van der Waals surface area contributed by atoms with E-state index in [1.165, 1.54) is 13.2 Å². The zero-order valence-electron chi connectivity index (χ0n) is 18.3. The lowest BCUT2D eigenvalue weighted by Crippen LogP contribution is -2.22. The van der Waals surface area contributed by atoms with Crippen molar-refractivity contribution < 1.29 is 18.7 Å². The van der Waals surface area contributed by atoms with Gasteiger partial charge >= 0.3 is 5.97 Å². The van der Waals surface area contributed by atoms with Crippen LogP contribution in [0.25, 0.3) is 38.7 Å². The highest BCUT2D eigenvalue weighted by molar-refractivity contribution is 6.17. The Balaban J connectivity index is 1.87. The average molecular weight is 464 g/mol. The zero-order chi connectivity index (χ0) is 24.3.